The van der Waals surface area contributed by atoms with E-state index in [9.17, 15) is 0 Å². The third-order valence-electron chi connectivity index (χ3n) is 1.52. The molecule has 0 atom stereocenters. The van der Waals surface area contributed by atoms with Crippen LogP contribution in [0.4, 0.5) is 5.95 Å². The lowest BCUT2D eigenvalue weighted by Gasteiger charge is -2.00. The molecule has 0 aliphatic rings. The van der Waals surface area contributed by atoms with Crippen LogP contribution >= 0.6 is 11.3 Å². The van der Waals surface area contributed by atoms with E-state index in [4.69, 9.17) is 5.73 Å². The SMILES string of the molecule is NCCNc1ncc2ncsc2n1. The molecule has 2 rings (SSSR count). The summed E-state index contributed by atoms with van der Waals surface area (Å²) < 4.78 is 0. The number of nitrogens with one attached hydrogen (secondary N) is 1. The Morgan fingerprint density at radius 2 is 2.38 bits per heavy atom. The van der Waals surface area contributed by atoms with Crippen molar-refractivity contribution in [3.63, 3.8) is 0 Å². The monoisotopic (exact) mass is 195 g/mol. The Morgan fingerprint density at radius 1 is 1.46 bits per heavy atom. The molecule has 0 unspecified atom stereocenters. The number of nitrogens with two attached hydrogens (primary N) is 1. The molecule has 0 fully saturated rings. The van der Waals surface area contributed by atoms with Gasteiger partial charge in [0.1, 0.15) is 10.3 Å². The number of nitrogens with zero attached hydrogens (tertiary/aromatic N) is 3. The van der Waals surface area contributed by atoms with Gasteiger partial charge in [-0.15, -0.1) is 11.3 Å². The number of aromatic nitrogens is 3. The molecular formula is C7H9N5S. The van der Waals surface area contributed by atoms with Crippen molar-refractivity contribution in [2.24, 2.45) is 5.73 Å². The Morgan fingerprint density at radius 3 is 3.23 bits per heavy atom. The summed E-state index contributed by atoms with van der Waals surface area (Å²) in [5.74, 6) is 0.613. The van der Waals surface area contributed by atoms with E-state index in [-0.39, 0.29) is 0 Å². The van der Waals surface area contributed by atoms with E-state index >= 15 is 0 Å². The van der Waals surface area contributed by atoms with Crippen LogP contribution in [0.1, 0.15) is 0 Å². The largest absolute Gasteiger partial charge is 0.353 e. The smallest absolute Gasteiger partial charge is 0.224 e. The quantitative estimate of drug-likeness (QED) is 0.744. The molecule has 2 aromatic heterocycles. The Bertz CT molecular complexity index is 398. The number of anilines is 1. The molecule has 2 aromatic rings. The van der Waals surface area contributed by atoms with Crippen molar-refractivity contribution >= 4 is 27.6 Å². The fourth-order valence-corrected chi connectivity index (χ4v) is 1.57. The van der Waals surface area contributed by atoms with Crippen molar-refractivity contribution < 1.29 is 0 Å². The summed E-state index contributed by atoms with van der Waals surface area (Å²) in [5.41, 5.74) is 7.93. The zero-order valence-electron chi connectivity index (χ0n) is 6.90. The number of hydrogen-bond acceptors (Lipinski definition) is 6. The van der Waals surface area contributed by atoms with Crippen molar-refractivity contribution in [3.8, 4) is 0 Å². The van der Waals surface area contributed by atoms with Crippen molar-refractivity contribution in [1.82, 2.24) is 15.0 Å². The molecule has 6 heteroatoms. The van der Waals surface area contributed by atoms with Gasteiger partial charge in [0.2, 0.25) is 5.95 Å². The molecule has 0 saturated heterocycles. The third kappa shape index (κ3) is 1.73. The normalized spacial score (nSPS) is 10.5. The van der Waals surface area contributed by atoms with Crippen LogP contribution in [0.3, 0.4) is 0 Å². The second kappa shape index (κ2) is 3.63. The van der Waals surface area contributed by atoms with Gasteiger partial charge in [0.05, 0.1) is 11.7 Å². The first kappa shape index (κ1) is 8.33. The second-order valence-electron chi connectivity index (χ2n) is 2.45. The summed E-state index contributed by atoms with van der Waals surface area (Å²) in [7, 11) is 0. The number of rotatable bonds is 3. The summed E-state index contributed by atoms with van der Waals surface area (Å²) in [5, 5.41) is 3.01. The maximum Gasteiger partial charge on any atom is 0.224 e. The average molecular weight is 195 g/mol. The standard InChI is InChI=1S/C7H9N5S/c8-1-2-9-7-10-3-5-6(12-7)13-4-11-5/h3-4H,1-2,8H2,(H,9,10,12). The van der Waals surface area contributed by atoms with Crippen molar-refractivity contribution in [1.29, 1.82) is 0 Å². The summed E-state index contributed by atoms with van der Waals surface area (Å²) in [6.07, 6.45) is 1.71. The third-order valence-corrected chi connectivity index (χ3v) is 2.25. The van der Waals surface area contributed by atoms with Crippen LogP contribution in [-0.4, -0.2) is 28.0 Å². The molecule has 0 amide bonds. The molecule has 2 heterocycles. The first-order valence-corrected chi connectivity index (χ1v) is 4.78. The van der Waals surface area contributed by atoms with Gasteiger partial charge in [-0.2, -0.15) is 0 Å². The van der Waals surface area contributed by atoms with Crippen molar-refractivity contribution in [2.75, 3.05) is 18.4 Å². The zero-order chi connectivity index (χ0) is 9.10. The topological polar surface area (TPSA) is 76.7 Å². The van der Waals surface area contributed by atoms with Gasteiger partial charge in [0, 0.05) is 13.1 Å². The Kier molecular flexibility index (Phi) is 2.33. The molecule has 0 aliphatic heterocycles. The zero-order valence-corrected chi connectivity index (χ0v) is 7.71. The summed E-state index contributed by atoms with van der Waals surface area (Å²) in [6, 6.07) is 0. The molecule has 0 bridgehead atoms. The molecule has 5 nitrogen and oxygen atoms in total. The molecule has 0 spiro atoms. The second-order valence-corrected chi connectivity index (χ2v) is 3.29. The fourth-order valence-electron chi connectivity index (χ4n) is 0.937. The molecule has 0 aliphatic carbocycles. The maximum atomic E-state index is 5.34. The van der Waals surface area contributed by atoms with Crippen LogP contribution < -0.4 is 11.1 Å². The van der Waals surface area contributed by atoms with Crippen LogP contribution in [0.15, 0.2) is 11.7 Å². The van der Waals surface area contributed by atoms with E-state index in [0.29, 0.717) is 19.0 Å². The molecule has 0 radical (unpaired) electrons. The van der Waals surface area contributed by atoms with Gasteiger partial charge in [0.25, 0.3) is 0 Å². The predicted octanol–water partition coefficient (Wildman–Crippen LogP) is 0.457. The highest BCUT2D eigenvalue weighted by Gasteiger charge is 2.00. The van der Waals surface area contributed by atoms with Gasteiger partial charge in [-0.05, 0) is 0 Å². The molecule has 0 aromatic carbocycles. The molecule has 13 heavy (non-hydrogen) atoms. The van der Waals surface area contributed by atoms with E-state index in [1.165, 1.54) is 11.3 Å². The summed E-state index contributed by atoms with van der Waals surface area (Å²) >= 11 is 1.50. The van der Waals surface area contributed by atoms with Gasteiger partial charge in [-0.3, -0.25) is 0 Å². The number of hydrogen-bond donors (Lipinski definition) is 2. The summed E-state index contributed by atoms with van der Waals surface area (Å²) in [4.78, 5) is 13.3. The molecule has 3 N–H and O–H groups in total. The van der Waals surface area contributed by atoms with E-state index < -0.39 is 0 Å². The lowest BCUT2D eigenvalue weighted by Crippen LogP contribution is -2.14. The van der Waals surface area contributed by atoms with Gasteiger partial charge >= 0.3 is 0 Å². The average Bonchev–Trinajstić information content (AvgIpc) is 2.61. The predicted molar refractivity (Wildman–Crippen MR) is 52.8 cm³/mol. The molecular weight excluding hydrogens is 186 g/mol. The lowest BCUT2D eigenvalue weighted by atomic mass is 10.6. The minimum absolute atomic E-state index is 0.573. The van der Waals surface area contributed by atoms with Crippen LogP contribution in [0.2, 0.25) is 0 Å². The Balaban J connectivity index is 2.26. The minimum atomic E-state index is 0.573. The highest BCUT2D eigenvalue weighted by Crippen LogP contribution is 2.14. The van der Waals surface area contributed by atoms with E-state index in [0.717, 1.165) is 10.3 Å². The van der Waals surface area contributed by atoms with Crippen LogP contribution in [0.25, 0.3) is 10.3 Å². The first-order chi connectivity index (χ1) is 6.40. The van der Waals surface area contributed by atoms with Crippen LogP contribution in [0, 0.1) is 0 Å². The minimum Gasteiger partial charge on any atom is -0.353 e. The molecule has 0 saturated carbocycles. The summed E-state index contributed by atoms with van der Waals surface area (Å²) in [6.45, 7) is 1.26. The Labute approximate surface area is 79.0 Å². The highest BCUT2D eigenvalue weighted by atomic mass is 32.1. The fraction of sp³-hybridized carbons (Fsp3) is 0.286. The van der Waals surface area contributed by atoms with Gasteiger partial charge in [-0.1, -0.05) is 0 Å². The number of thiazole rings is 1. The van der Waals surface area contributed by atoms with E-state index in [1.807, 2.05) is 0 Å². The first-order valence-electron chi connectivity index (χ1n) is 3.90. The van der Waals surface area contributed by atoms with Crippen molar-refractivity contribution in [2.45, 2.75) is 0 Å². The van der Waals surface area contributed by atoms with Crippen molar-refractivity contribution in [3.05, 3.63) is 11.7 Å². The van der Waals surface area contributed by atoms with E-state index in [1.54, 1.807) is 11.7 Å². The van der Waals surface area contributed by atoms with E-state index in [2.05, 4.69) is 20.3 Å². The Hall–Kier alpha value is -1.27. The van der Waals surface area contributed by atoms with Crippen LogP contribution in [-0.2, 0) is 0 Å². The van der Waals surface area contributed by atoms with Gasteiger partial charge < -0.3 is 11.1 Å². The maximum absolute atomic E-state index is 5.34. The van der Waals surface area contributed by atoms with Gasteiger partial charge in [0.15, 0.2) is 0 Å². The van der Waals surface area contributed by atoms with Gasteiger partial charge in [-0.25, -0.2) is 15.0 Å². The number of fused-ring (bicyclic) bond motifs is 1. The lowest BCUT2D eigenvalue weighted by molar-refractivity contribution is 0.996. The highest BCUT2D eigenvalue weighted by molar-refractivity contribution is 7.16. The molecule has 68 valence electrons. The van der Waals surface area contributed by atoms with Crippen LogP contribution in [0.5, 0.6) is 0 Å².